The van der Waals surface area contributed by atoms with Gasteiger partial charge in [0, 0.05) is 13.1 Å². The van der Waals surface area contributed by atoms with Crippen molar-refractivity contribution in [1.82, 2.24) is 4.90 Å². The molecule has 0 spiro atoms. The third-order valence-electron chi connectivity index (χ3n) is 2.62. The second-order valence-corrected chi connectivity index (χ2v) is 3.78. The van der Waals surface area contributed by atoms with Gasteiger partial charge in [0.2, 0.25) is 11.8 Å². The second kappa shape index (κ2) is 4.98. The maximum atomic E-state index is 11.8. The standard InChI is InChI=1S/C10H18N2O2/c1-2-6-12-7-4-3-5-8(9(11)13)10(12)14/h8H,2-7H2,1H3,(H2,11,13). The van der Waals surface area contributed by atoms with Crippen LogP contribution in [-0.4, -0.2) is 29.8 Å². The van der Waals surface area contributed by atoms with Crippen molar-refractivity contribution in [1.29, 1.82) is 0 Å². The number of likely N-dealkylation sites (tertiary alicyclic amines) is 1. The summed E-state index contributed by atoms with van der Waals surface area (Å²) in [6.45, 7) is 3.54. The fraction of sp³-hybridized carbons (Fsp3) is 0.800. The summed E-state index contributed by atoms with van der Waals surface area (Å²) in [5.74, 6) is -1.13. The van der Waals surface area contributed by atoms with Gasteiger partial charge in [0.15, 0.2) is 0 Å². The molecule has 80 valence electrons. The van der Waals surface area contributed by atoms with Gasteiger partial charge < -0.3 is 10.6 Å². The molecule has 1 heterocycles. The fourth-order valence-corrected chi connectivity index (χ4v) is 1.86. The van der Waals surface area contributed by atoms with E-state index < -0.39 is 11.8 Å². The Morgan fingerprint density at radius 2 is 2.29 bits per heavy atom. The molecule has 4 nitrogen and oxygen atoms in total. The maximum Gasteiger partial charge on any atom is 0.235 e. The highest BCUT2D eigenvalue weighted by Crippen LogP contribution is 2.17. The molecule has 1 fully saturated rings. The fourth-order valence-electron chi connectivity index (χ4n) is 1.86. The Bertz CT molecular complexity index is 228. The number of primary amides is 1. The van der Waals surface area contributed by atoms with Crippen LogP contribution in [0, 0.1) is 5.92 Å². The molecular formula is C10H18N2O2. The lowest BCUT2D eigenvalue weighted by Gasteiger charge is -2.22. The molecule has 1 saturated heterocycles. The minimum absolute atomic E-state index is 0.0724. The van der Waals surface area contributed by atoms with E-state index in [1.54, 1.807) is 4.90 Å². The molecule has 1 atom stereocenters. The summed E-state index contributed by atoms with van der Waals surface area (Å²) < 4.78 is 0. The highest BCUT2D eigenvalue weighted by molar-refractivity contribution is 5.99. The summed E-state index contributed by atoms with van der Waals surface area (Å²) in [5, 5.41) is 0. The van der Waals surface area contributed by atoms with Crippen molar-refractivity contribution in [3.05, 3.63) is 0 Å². The molecule has 1 aliphatic heterocycles. The molecule has 2 amide bonds. The third-order valence-corrected chi connectivity index (χ3v) is 2.62. The zero-order valence-corrected chi connectivity index (χ0v) is 8.66. The second-order valence-electron chi connectivity index (χ2n) is 3.78. The Morgan fingerprint density at radius 1 is 1.57 bits per heavy atom. The van der Waals surface area contributed by atoms with Crippen LogP contribution in [-0.2, 0) is 9.59 Å². The summed E-state index contributed by atoms with van der Waals surface area (Å²) in [6, 6.07) is 0. The van der Waals surface area contributed by atoms with E-state index in [1.807, 2.05) is 6.92 Å². The normalized spacial score (nSPS) is 23.4. The molecule has 1 unspecified atom stereocenters. The average Bonchev–Trinajstić information content (AvgIpc) is 2.30. The van der Waals surface area contributed by atoms with Gasteiger partial charge in [-0.3, -0.25) is 9.59 Å². The van der Waals surface area contributed by atoms with Gasteiger partial charge >= 0.3 is 0 Å². The zero-order valence-electron chi connectivity index (χ0n) is 8.66. The van der Waals surface area contributed by atoms with E-state index >= 15 is 0 Å². The van der Waals surface area contributed by atoms with Crippen LogP contribution < -0.4 is 5.73 Å². The average molecular weight is 198 g/mol. The first kappa shape index (κ1) is 11.0. The first-order valence-electron chi connectivity index (χ1n) is 5.25. The summed E-state index contributed by atoms with van der Waals surface area (Å²) in [5.41, 5.74) is 5.20. The van der Waals surface area contributed by atoms with Gasteiger partial charge in [-0.05, 0) is 19.3 Å². The van der Waals surface area contributed by atoms with E-state index in [2.05, 4.69) is 0 Å². The molecule has 1 aliphatic rings. The molecule has 0 aliphatic carbocycles. The van der Waals surface area contributed by atoms with E-state index in [1.165, 1.54) is 0 Å². The first-order chi connectivity index (χ1) is 6.66. The van der Waals surface area contributed by atoms with Gasteiger partial charge in [-0.2, -0.15) is 0 Å². The summed E-state index contributed by atoms with van der Waals surface area (Å²) in [4.78, 5) is 24.6. The van der Waals surface area contributed by atoms with Crippen molar-refractivity contribution < 1.29 is 9.59 Å². The van der Waals surface area contributed by atoms with Crippen LogP contribution in [0.5, 0.6) is 0 Å². The largest absolute Gasteiger partial charge is 0.369 e. The van der Waals surface area contributed by atoms with Crippen LogP contribution in [0.2, 0.25) is 0 Å². The van der Waals surface area contributed by atoms with Crippen LogP contribution >= 0.6 is 0 Å². The van der Waals surface area contributed by atoms with Gasteiger partial charge in [0.1, 0.15) is 5.92 Å². The van der Waals surface area contributed by atoms with Crippen LogP contribution in [0.4, 0.5) is 0 Å². The topological polar surface area (TPSA) is 63.4 Å². The molecular weight excluding hydrogens is 180 g/mol. The monoisotopic (exact) mass is 198 g/mol. The van der Waals surface area contributed by atoms with E-state index in [9.17, 15) is 9.59 Å². The molecule has 14 heavy (non-hydrogen) atoms. The molecule has 0 bridgehead atoms. The molecule has 0 aromatic heterocycles. The summed E-state index contributed by atoms with van der Waals surface area (Å²) in [7, 11) is 0. The van der Waals surface area contributed by atoms with Crippen molar-refractivity contribution in [2.75, 3.05) is 13.1 Å². The highest BCUT2D eigenvalue weighted by Gasteiger charge is 2.30. The molecule has 0 saturated carbocycles. The Kier molecular flexibility index (Phi) is 3.92. The minimum atomic E-state index is -0.580. The van der Waals surface area contributed by atoms with Crippen LogP contribution in [0.25, 0.3) is 0 Å². The van der Waals surface area contributed by atoms with Gasteiger partial charge in [0.25, 0.3) is 0 Å². The predicted molar refractivity (Wildman–Crippen MR) is 53.4 cm³/mol. The molecule has 0 aromatic carbocycles. The number of hydrogen-bond donors (Lipinski definition) is 1. The van der Waals surface area contributed by atoms with E-state index in [-0.39, 0.29) is 5.91 Å². The van der Waals surface area contributed by atoms with Crippen molar-refractivity contribution >= 4 is 11.8 Å². The smallest absolute Gasteiger partial charge is 0.235 e. The number of hydrogen-bond acceptors (Lipinski definition) is 2. The first-order valence-corrected chi connectivity index (χ1v) is 5.25. The lowest BCUT2D eigenvalue weighted by molar-refractivity contribution is -0.140. The van der Waals surface area contributed by atoms with Crippen molar-refractivity contribution in [2.45, 2.75) is 32.6 Å². The minimum Gasteiger partial charge on any atom is -0.369 e. The third kappa shape index (κ3) is 2.47. The van der Waals surface area contributed by atoms with Crippen molar-refractivity contribution in [2.24, 2.45) is 11.7 Å². The molecule has 0 radical (unpaired) electrons. The Hall–Kier alpha value is -1.06. The van der Waals surface area contributed by atoms with Crippen molar-refractivity contribution in [3.63, 3.8) is 0 Å². The summed E-state index contributed by atoms with van der Waals surface area (Å²) in [6.07, 6.45) is 3.45. The van der Waals surface area contributed by atoms with Gasteiger partial charge in [0.05, 0.1) is 0 Å². The molecule has 1 rings (SSSR count). The highest BCUT2D eigenvalue weighted by atomic mass is 16.2. The van der Waals surface area contributed by atoms with E-state index in [4.69, 9.17) is 5.73 Å². The Morgan fingerprint density at radius 3 is 2.86 bits per heavy atom. The van der Waals surface area contributed by atoms with Gasteiger partial charge in [-0.15, -0.1) is 0 Å². The number of carbonyl (C=O) groups is 2. The van der Waals surface area contributed by atoms with Crippen LogP contribution in [0.3, 0.4) is 0 Å². The number of amides is 2. The van der Waals surface area contributed by atoms with Crippen LogP contribution in [0.1, 0.15) is 32.6 Å². The number of rotatable bonds is 3. The summed E-state index contributed by atoms with van der Waals surface area (Å²) >= 11 is 0. The number of nitrogens with zero attached hydrogens (tertiary/aromatic N) is 1. The van der Waals surface area contributed by atoms with E-state index in [0.29, 0.717) is 6.42 Å². The molecule has 2 N–H and O–H groups in total. The van der Waals surface area contributed by atoms with Crippen LogP contribution in [0.15, 0.2) is 0 Å². The Labute approximate surface area is 84.4 Å². The van der Waals surface area contributed by atoms with Gasteiger partial charge in [-0.1, -0.05) is 13.3 Å². The lowest BCUT2D eigenvalue weighted by Crippen LogP contribution is -2.40. The number of nitrogens with two attached hydrogens (primary N) is 1. The quantitative estimate of drug-likeness (QED) is 0.671. The van der Waals surface area contributed by atoms with Gasteiger partial charge in [-0.25, -0.2) is 0 Å². The van der Waals surface area contributed by atoms with E-state index in [0.717, 1.165) is 32.4 Å². The SMILES string of the molecule is CCCN1CCCCC(C(N)=O)C1=O. The number of carbonyl (C=O) groups excluding carboxylic acids is 2. The zero-order chi connectivity index (χ0) is 10.6. The Balaban J connectivity index is 2.69. The molecule has 0 aromatic rings. The van der Waals surface area contributed by atoms with Crippen molar-refractivity contribution in [3.8, 4) is 0 Å². The predicted octanol–water partition coefficient (Wildman–Crippen LogP) is 0.510. The lowest BCUT2D eigenvalue weighted by atomic mass is 10.0. The molecule has 4 heteroatoms. The maximum absolute atomic E-state index is 11.8.